The van der Waals surface area contributed by atoms with Gasteiger partial charge in [-0.3, -0.25) is 0 Å². The smallest absolute Gasteiger partial charge is 0.202 e. The van der Waals surface area contributed by atoms with E-state index in [0.29, 0.717) is 13.1 Å². The molecule has 7 heteroatoms. The number of rotatable bonds is 6. The highest BCUT2D eigenvalue weighted by molar-refractivity contribution is 9.11. The lowest BCUT2D eigenvalue weighted by Crippen LogP contribution is -2.36. The average molecular weight is 313 g/mol. The Morgan fingerprint density at radius 1 is 1.40 bits per heavy atom. The Morgan fingerprint density at radius 3 is 2.67 bits per heavy atom. The first-order chi connectivity index (χ1) is 7.03. The third-order valence-electron chi connectivity index (χ3n) is 1.61. The van der Waals surface area contributed by atoms with Gasteiger partial charge in [0.15, 0.2) is 0 Å². The van der Waals surface area contributed by atoms with Gasteiger partial charge in [-0.25, -0.2) is 4.72 Å². The Bertz CT molecular complexity index is 403. The molecule has 0 aliphatic carbocycles. The summed E-state index contributed by atoms with van der Waals surface area (Å²) in [4.78, 5) is 0.976. The molecule has 0 saturated carbocycles. The van der Waals surface area contributed by atoms with E-state index < -0.39 is 10.2 Å². The van der Waals surface area contributed by atoms with E-state index in [9.17, 15) is 8.42 Å². The molecule has 0 unspecified atom stereocenters. The van der Waals surface area contributed by atoms with Crippen molar-refractivity contribution in [3.05, 3.63) is 20.8 Å². The summed E-state index contributed by atoms with van der Waals surface area (Å²) >= 11 is 4.83. The molecule has 1 aromatic rings. The van der Waals surface area contributed by atoms with Crippen LogP contribution in [0.15, 0.2) is 15.9 Å². The molecule has 4 nitrogen and oxygen atoms in total. The molecule has 0 radical (unpaired) electrons. The minimum Gasteiger partial charge on any atom is -0.202 e. The standard InChI is InChI=1S/C8H13BrN2O2S2/c1-2-5-10-15(12,13)11-6-7-3-4-8(9)14-7/h3-4,10-11H,2,5-6H2,1H3. The highest BCUT2D eigenvalue weighted by Gasteiger charge is 2.08. The zero-order chi connectivity index (χ0) is 11.3. The molecule has 15 heavy (non-hydrogen) atoms. The minimum atomic E-state index is -3.34. The Kier molecular flexibility index (Phi) is 5.20. The van der Waals surface area contributed by atoms with Crippen molar-refractivity contribution in [2.24, 2.45) is 0 Å². The topological polar surface area (TPSA) is 58.2 Å². The van der Waals surface area contributed by atoms with E-state index in [1.54, 1.807) is 0 Å². The molecule has 1 rings (SSSR count). The lowest BCUT2D eigenvalue weighted by atomic mass is 10.5. The van der Waals surface area contributed by atoms with Crippen LogP contribution in [0.5, 0.6) is 0 Å². The predicted octanol–water partition coefficient (Wildman–Crippen LogP) is 1.84. The second-order valence-corrected chi connectivity index (χ2v) is 7.06. The monoisotopic (exact) mass is 312 g/mol. The zero-order valence-corrected chi connectivity index (χ0v) is 11.5. The first kappa shape index (κ1) is 13.1. The van der Waals surface area contributed by atoms with Crippen LogP contribution in [-0.2, 0) is 16.8 Å². The fraction of sp³-hybridized carbons (Fsp3) is 0.500. The van der Waals surface area contributed by atoms with Gasteiger partial charge in [-0.2, -0.15) is 13.1 Å². The molecule has 0 saturated heterocycles. The molecule has 0 aliphatic rings. The summed E-state index contributed by atoms with van der Waals surface area (Å²) in [7, 11) is -3.34. The maximum absolute atomic E-state index is 11.3. The van der Waals surface area contributed by atoms with Crippen LogP contribution < -0.4 is 9.44 Å². The van der Waals surface area contributed by atoms with Crippen molar-refractivity contribution >= 4 is 37.5 Å². The van der Waals surface area contributed by atoms with Gasteiger partial charge in [0.1, 0.15) is 0 Å². The summed E-state index contributed by atoms with van der Waals surface area (Å²) in [5, 5.41) is 0. The normalized spacial score (nSPS) is 11.9. The molecule has 0 bridgehead atoms. The highest BCUT2D eigenvalue weighted by atomic mass is 79.9. The number of thiophene rings is 1. The maximum atomic E-state index is 11.3. The highest BCUT2D eigenvalue weighted by Crippen LogP contribution is 2.21. The van der Waals surface area contributed by atoms with Crippen LogP contribution in [0.1, 0.15) is 18.2 Å². The number of hydrogen-bond acceptors (Lipinski definition) is 3. The van der Waals surface area contributed by atoms with Gasteiger partial charge in [0.05, 0.1) is 3.79 Å². The van der Waals surface area contributed by atoms with Gasteiger partial charge < -0.3 is 0 Å². The lowest BCUT2D eigenvalue weighted by Gasteiger charge is -2.05. The second kappa shape index (κ2) is 5.95. The third-order valence-corrected chi connectivity index (χ3v) is 4.34. The molecule has 0 aliphatic heterocycles. The van der Waals surface area contributed by atoms with Crippen molar-refractivity contribution in [2.45, 2.75) is 19.9 Å². The van der Waals surface area contributed by atoms with Gasteiger partial charge in [-0.1, -0.05) is 6.92 Å². The van der Waals surface area contributed by atoms with E-state index in [1.165, 1.54) is 11.3 Å². The van der Waals surface area contributed by atoms with Gasteiger partial charge in [0.2, 0.25) is 0 Å². The van der Waals surface area contributed by atoms with Crippen molar-refractivity contribution < 1.29 is 8.42 Å². The molecule has 1 aromatic heterocycles. The fourth-order valence-electron chi connectivity index (χ4n) is 0.900. The molecule has 86 valence electrons. The molecule has 0 atom stereocenters. The molecule has 0 amide bonds. The summed E-state index contributed by atoms with van der Waals surface area (Å²) in [5.74, 6) is 0. The third kappa shape index (κ3) is 5.07. The van der Waals surface area contributed by atoms with E-state index in [2.05, 4.69) is 25.4 Å². The summed E-state index contributed by atoms with van der Waals surface area (Å²) in [6, 6.07) is 3.78. The van der Waals surface area contributed by atoms with Crippen LogP contribution >= 0.6 is 27.3 Å². The van der Waals surface area contributed by atoms with Gasteiger partial charge in [0, 0.05) is 18.0 Å². The van der Waals surface area contributed by atoms with Crippen LogP contribution in [-0.4, -0.2) is 15.0 Å². The van der Waals surface area contributed by atoms with Gasteiger partial charge >= 0.3 is 0 Å². The Balaban J connectivity index is 2.42. The van der Waals surface area contributed by atoms with Crippen molar-refractivity contribution in [2.75, 3.05) is 6.54 Å². The summed E-state index contributed by atoms with van der Waals surface area (Å²) in [5.41, 5.74) is 0. The maximum Gasteiger partial charge on any atom is 0.277 e. The van der Waals surface area contributed by atoms with Crippen LogP contribution in [0.4, 0.5) is 0 Å². The lowest BCUT2D eigenvalue weighted by molar-refractivity contribution is 0.566. The van der Waals surface area contributed by atoms with Crippen LogP contribution in [0.3, 0.4) is 0 Å². The van der Waals surface area contributed by atoms with E-state index in [4.69, 9.17) is 0 Å². The van der Waals surface area contributed by atoms with E-state index in [0.717, 1.165) is 15.1 Å². The summed E-state index contributed by atoms with van der Waals surface area (Å²) in [6.07, 6.45) is 0.783. The fourth-order valence-corrected chi connectivity index (χ4v) is 3.34. The van der Waals surface area contributed by atoms with E-state index in [1.807, 2.05) is 19.1 Å². The number of halogens is 1. The minimum absolute atomic E-state index is 0.329. The average Bonchev–Trinajstić information content (AvgIpc) is 2.59. The number of nitrogens with one attached hydrogen (secondary N) is 2. The molecular weight excluding hydrogens is 300 g/mol. The van der Waals surface area contributed by atoms with Crippen LogP contribution in [0.25, 0.3) is 0 Å². The van der Waals surface area contributed by atoms with Gasteiger partial charge in [0.25, 0.3) is 10.2 Å². The van der Waals surface area contributed by atoms with Crippen LogP contribution in [0.2, 0.25) is 0 Å². The molecule has 0 aromatic carbocycles. The predicted molar refractivity (Wildman–Crippen MR) is 66.1 cm³/mol. The first-order valence-corrected chi connectivity index (χ1v) is 7.61. The zero-order valence-electron chi connectivity index (χ0n) is 8.29. The van der Waals surface area contributed by atoms with Crippen molar-refractivity contribution in [3.63, 3.8) is 0 Å². The summed E-state index contributed by atoms with van der Waals surface area (Å²) < 4.78 is 28.6. The molecule has 1 heterocycles. The van der Waals surface area contributed by atoms with Crippen molar-refractivity contribution in [1.82, 2.24) is 9.44 Å². The largest absolute Gasteiger partial charge is 0.277 e. The van der Waals surface area contributed by atoms with E-state index in [-0.39, 0.29) is 0 Å². The van der Waals surface area contributed by atoms with Crippen LogP contribution in [0, 0.1) is 0 Å². The molecular formula is C8H13BrN2O2S2. The molecule has 2 N–H and O–H groups in total. The molecule has 0 spiro atoms. The Labute approximate surface area is 102 Å². The summed E-state index contributed by atoms with van der Waals surface area (Å²) in [6.45, 7) is 2.71. The van der Waals surface area contributed by atoms with Crippen molar-refractivity contribution in [1.29, 1.82) is 0 Å². The second-order valence-electron chi connectivity index (χ2n) is 2.92. The Hall–Kier alpha value is 0.0500. The van der Waals surface area contributed by atoms with Gasteiger partial charge in [-0.05, 0) is 34.5 Å². The first-order valence-electron chi connectivity index (χ1n) is 4.52. The molecule has 0 fully saturated rings. The SMILES string of the molecule is CCCNS(=O)(=O)NCc1ccc(Br)s1. The quantitative estimate of drug-likeness (QED) is 0.842. The van der Waals surface area contributed by atoms with Crippen molar-refractivity contribution in [3.8, 4) is 0 Å². The van der Waals surface area contributed by atoms with Gasteiger partial charge in [-0.15, -0.1) is 11.3 Å². The number of hydrogen-bond donors (Lipinski definition) is 2. The van der Waals surface area contributed by atoms with E-state index >= 15 is 0 Å². The Morgan fingerprint density at radius 2 is 2.13 bits per heavy atom.